The van der Waals surface area contributed by atoms with Crippen LogP contribution in [0.4, 0.5) is 0 Å². The summed E-state index contributed by atoms with van der Waals surface area (Å²) in [5.41, 5.74) is 4.56. The summed E-state index contributed by atoms with van der Waals surface area (Å²) in [6, 6.07) is 22.6. The lowest BCUT2D eigenvalue weighted by molar-refractivity contribution is -0.170. The van der Waals surface area contributed by atoms with Gasteiger partial charge in [0.15, 0.2) is 5.79 Å². The zero-order chi connectivity index (χ0) is 25.8. The predicted molar refractivity (Wildman–Crippen MR) is 144 cm³/mol. The number of nitrogens with zero attached hydrogens (tertiary/aromatic N) is 1. The first kappa shape index (κ1) is 25.0. The molecule has 1 N–H and O–H groups in total. The van der Waals surface area contributed by atoms with Crippen molar-refractivity contribution < 1.29 is 24.1 Å². The van der Waals surface area contributed by atoms with E-state index in [0.29, 0.717) is 36.8 Å². The first-order valence-electron chi connectivity index (χ1n) is 12.0. The number of carboxylic acids is 1. The van der Waals surface area contributed by atoms with Gasteiger partial charge in [0, 0.05) is 22.4 Å². The lowest BCUT2D eigenvalue weighted by Gasteiger charge is -2.28. The summed E-state index contributed by atoms with van der Waals surface area (Å²) in [4.78, 5) is 16.2. The van der Waals surface area contributed by atoms with Crippen LogP contribution >= 0.6 is 11.6 Å². The molecular formula is C30H26ClNO5. The number of methoxy groups -OCH3 is 1. The van der Waals surface area contributed by atoms with Gasteiger partial charge in [-0.15, -0.1) is 0 Å². The van der Waals surface area contributed by atoms with Gasteiger partial charge in [-0.2, -0.15) is 0 Å². The predicted octanol–water partition coefficient (Wildman–Crippen LogP) is 6.60. The van der Waals surface area contributed by atoms with Crippen molar-refractivity contribution >= 4 is 40.6 Å². The fourth-order valence-corrected chi connectivity index (χ4v) is 4.74. The zero-order valence-electron chi connectivity index (χ0n) is 20.3. The summed E-state index contributed by atoms with van der Waals surface area (Å²) in [5.74, 6) is -1.26. The van der Waals surface area contributed by atoms with Crippen molar-refractivity contribution in [2.75, 3.05) is 20.3 Å². The summed E-state index contributed by atoms with van der Waals surface area (Å²) >= 11 is 6.13. The van der Waals surface area contributed by atoms with E-state index >= 15 is 0 Å². The van der Waals surface area contributed by atoms with Gasteiger partial charge in [0.25, 0.3) is 0 Å². The van der Waals surface area contributed by atoms with Gasteiger partial charge in [0.1, 0.15) is 5.75 Å². The normalized spacial score (nSPS) is 14.9. The molecule has 7 heteroatoms. The Labute approximate surface area is 220 Å². The molecular weight excluding hydrogens is 490 g/mol. The van der Waals surface area contributed by atoms with E-state index in [0.717, 1.165) is 33.3 Å². The van der Waals surface area contributed by atoms with E-state index in [2.05, 4.69) is 4.98 Å². The average Bonchev–Trinajstić information content (AvgIpc) is 3.40. The summed E-state index contributed by atoms with van der Waals surface area (Å²) < 4.78 is 17.8. The highest BCUT2D eigenvalue weighted by Crippen LogP contribution is 2.37. The Kier molecular flexibility index (Phi) is 7.24. The summed E-state index contributed by atoms with van der Waals surface area (Å²) in [6.07, 6.45) is 5.00. The maximum atomic E-state index is 11.5. The van der Waals surface area contributed by atoms with Crippen LogP contribution in [0.2, 0.25) is 5.02 Å². The Hall–Kier alpha value is -3.71. The second kappa shape index (κ2) is 10.7. The minimum atomic E-state index is -0.976. The Bertz CT molecular complexity index is 1480. The van der Waals surface area contributed by atoms with Crippen molar-refractivity contribution in [2.24, 2.45) is 0 Å². The minimum absolute atomic E-state index is 0.217. The lowest BCUT2D eigenvalue weighted by atomic mass is 9.95. The third-order valence-electron chi connectivity index (χ3n) is 6.45. The van der Waals surface area contributed by atoms with Crippen LogP contribution in [0, 0.1) is 0 Å². The lowest BCUT2D eigenvalue weighted by Crippen LogP contribution is -2.28. The van der Waals surface area contributed by atoms with Crippen molar-refractivity contribution in [3.63, 3.8) is 0 Å². The molecule has 4 aromatic rings. The minimum Gasteiger partial charge on any atom is -0.496 e. The molecule has 1 aliphatic rings. The summed E-state index contributed by atoms with van der Waals surface area (Å²) in [6.45, 7) is 0.964. The van der Waals surface area contributed by atoms with Crippen LogP contribution < -0.4 is 4.74 Å². The standard InChI is InChI=1S/C30H26ClNO5/c1-35-28-12-8-23(29(33)34)18-22(28)13-14-30(36-15-16-37-30)24-4-2-3-20(17-24)5-10-26-11-7-21-6-9-25(31)19-27(21)32-26/h2-12,17-19H,13-16H2,1H3,(H,33,34)/b10-5+. The molecule has 0 spiro atoms. The molecule has 1 saturated heterocycles. The first-order valence-corrected chi connectivity index (χ1v) is 12.4. The van der Waals surface area contributed by atoms with Crippen molar-refractivity contribution in [1.29, 1.82) is 0 Å². The number of halogens is 1. The number of carbonyl (C=O) groups is 1. The second-order valence-electron chi connectivity index (χ2n) is 8.81. The largest absolute Gasteiger partial charge is 0.496 e. The number of hydrogen-bond donors (Lipinski definition) is 1. The molecule has 0 saturated carbocycles. The molecule has 0 atom stereocenters. The molecule has 1 aliphatic heterocycles. The maximum absolute atomic E-state index is 11.5. The molecule has 1 aromatic heterocycles. The molecule has 1 fully saturated rings. The zero-order valence-corrected chi connectivity index (χ0v) is 21.1. The molecule has 3 aromatic carbocycles. The van der Waals surface area contributed by atoms with E-state index in [1.807, 2.05) is 66.7 Å². The highest BCUT2D eigenvalue weighted by atomic mass is 35.5. The monoisotopic (exact) mass is 515 g/mol. The highest BCUT2D eigenvalue weighted by molar-refractivity contribution is 6.31. The third-order valence-corrected chi connectivity index (χ3v) is 6.69. The van der Waals surface area contributed by atoms with Crippen LogP contribution in [-0.4, -0.2) is 36.4 Å². The van der Waals surface area contributed by atoms with Crippen LogP contribution in [0.25, 0.3) is 23.1 Å². The number of aromatic carboxylic acids is 1. The summed E-state index contributed by atoms with van der Waals surface area (Å²) in [7, 11) is 1.58. The van der Waals surface area contributed by atoms with Gasteiger partial charge < -0.3 is 19.3 Å². The van der Waals surface area contributed by atoms with Gasteiger partial charge >= 0.3 is 5.97 Å². The number of benzene rings is 3. The van der Waals surface area contributed by atoms with E-state index in [1.165, 1.54) is 6.07 Å². The number of hydrogen-bond acceptors (Lipinski definition) is 5. The van der Waals surface area contributed by atoms with Crippen LogP contribution in [0.3, 0.4) is 0 Å². The van der Waals surface area contributed by atoms with Gasteiger partial charge in [-0.3, -0.25) is 0 Å². The Morgan fingerprint density at radius 3 is 2.65 bits per heavy atom. The van der Waals surface area contributed by atoms with Crippen molar-refractivity contribution in [2.45, 2.75) is 18.6 Å². The number of rotatable bonds is 8. The van der Waals surface area contributed by atoms with Crippen LogP contribution in [0.1, 0.15) is 39.2 Å². The fraction of sp³-hybridized carbons (Fsp3) is 0.200. The average molecular weight is 516 g/mol. The van der Waals surface area contributed by atoms with E-state index in [1.54, 1.807) is 19.2 Å². The molecule has 0 amide bonds. The van der Waals surface area contributed by atoms with E-state index in [9.17, 15) is 9.90 Å². The van der Waals surface area contributed by atoms with Gasteiger partial charge in [-0.25, -0.2) is 9.78 Å². The molecule has 188 valence electrons. The highest BCUT2D eigenvalue weighted by Gasteiger charge is 2.38. The number of pyridine rings is 1. The van der Waals surface area contributed by atoms with Gasteiger partial charge in [0.2, 0.25) is 0 Å². The first-order chi connectivity index (χ1) is 18.0. The molecule has 37 heavy (non-hydrogen) atoms. The van der Waals surface area contributed by atoms with Crippen molar-refractivity contribution in [3.05, 3.63) is 106 Å². The third kappa shape index (κ3) is 5.52. The van der Waals surface area contributed by atoms with E-state index < -0.39 is 11.8 Å². The molecule has 0 aliphatic carbocycles. The topological polar surface area (TPSA) is 77.9 Å². The van der Waals surface area contributed by atoms with Crippen LogP contribution in [0.5, 0.6) is 5.75 Å². The SMILES string of the molecule is COc1ccc(C(=O)O)cc1CCC1(c2cccc(/C=C/c3ccc4ccc(Cl)cc4n3)c2)OCCO1. The van der Waals surface area contributed by atoms with Gasteiger partial charge in [-0.05, 0) is 66.1 Å². The van der Waals surface area contributed by atoms with Crippen LogP contribution in [-0.2, 0) is 21.7 Å². The van der Waals surface area contributed by atoms with Crippen molar-refractivity contribution in [1.82, 2.24) is 4.98 Å². The number of aryl methyl sites for hydroxylation is 1. The maximum Gasteiger partial charge on any atom is 0.335 e. The van der Waals surface area contributed by atoms with Crippen molar-refractivity contribution in [3.8, 4) is 5.75 Å². The fourth-order valence-electron chi connectivity index (χ4n) is 4.58. The molecule has 6 nitrogen and oxygen atoms in total. The van der Waals surface area contributed by atoms with Gasteiger partial charge in [0.05, 0.1) is 37.1 Å². The molecule has 0 radical (unpaired) electrons. The Morgan fingerprint density at radius 2 is 1.86 bits per heavy atom. The second-order valence-corrected chi connectivity index (χ2v) is 9.25. The smallest absolute Gasteiger partial charge is 0.335 e. The number of fused-ring (bicyclic) bond motifs is 1. The number of ether oxygens (including phenoxy) is 3. The Balaban J connectivity index is 1.39. The van der Waals surface area contributed by atoms with E-state index in [4.69, 9.17) is 25.8 Å². The van der Waals surface area contributed by atoms with Crippen LogP contribution in [0.15, 0.2) is 72.8 Å². The quantitative estimate of drug-likeness (QED) is 0.285. The number of aromatic nitrogens is 1. The molecule has 0 unspecified atom stereocenters. The van der Waals surface area contributed by atoms with E-state index in [-0.39, 0.29) is 5.56 Å². The summed E-state index contributed by atoms with van der Waals surface area (Å²) in [5, 5.41) is 11.1. The number of carboxylic acid groups (broad SMARTS) is 1. The molecule has 0 bridgehead atoms. The molecule has 2 heterocycles. The Morgan fingerprint density at radius 1 is 1.05 bits per heavy atom. The van der Waals surface area contributed by atoms with Gasteiger partial charge in [-0.1, -0.05) is 48.0 Å². The molecule has 5 rings (SSSR count).